The number of amides is 1. The molecular formula is C10H13N3O3S. The van der Waals surface area contributed by atoms with Gasteiger partial charge in [-0.05, 0) is 12.8 Å². The summed E-state index contributed by atoms with van der Waals surface area (Å²) in [6.07, 6.45) is 1.56. The van der Waals surface area contributed by atoms with Crippen LogP contribution < -0.4 is 5.73 Å². The van der Waals surface area contributed by atoms with Gasteiger partial charge in [-0.15, -0.1) is 11.3 Å². The first-order valence-electron chi connectivity index (χ1n) is 5.31. The molecule has 0 bridgehead atoms. The molecule has 0 aromatic carbocycles. The monoisotopic (exact) mass is 255 g/mol. The van der Waals surface area contributed by atoms with Crippen LogP contribution in [0.3, 0.4) is 0 Å². The molecular weight excluding hydrogens is 242 g/mol. The molecule has 1 unspecified atom stereocenters. The fourth-order valence-corrected chi connectivity index (χ4v) is 2.59. The number of rotatable bonds is 3. The molecule has 1 aromatic rings. The molecule has 1 atom stereocenters. The quantitative estimate of drug-likeness (QED) is 0.833. The van der Waals surface area contributed by atoms with Crippen LogP contribution in [0.2, 0.25) is 0 Å². The number of hydrogen-bond acceptors (Lipinski definition) is 5. The van der Waals surface area contributed by atoms with E-state index < -0.39 is 5.97 Å². The minimum atomic E-state index is -0.882. The fourth-order valence-electron chi connectivity index (χ4n) is 2.05. The van der Waals surface area contributed by atoms with Crippen molar-refractivity contribution in [2.45, 2.75) is 25.3 Å². The molecule has 2 rings (SSSR count). The third-order valence-electron chi connectivity index (χ3n) is 2.79. The zero-order chi connectivity index (χ0) is 12.4. The predicted molar refractivity (Wildman–Crippen MR) is 62.8 cm³/mol. The Morgan fingerprint density at radius 1 is 1.65 bits per heavy atom. The average molecular weight is 255 g/mol. The number of nitrogens with zero attached hydrogens (tertiary/aromatic N) is 2. The van der Waals surface area contributed by atoms with Gasteiger partial charge in [0, 0.05) is 18.0 Å². The molecule has 17 heavy (non-hydrogen) atoms. The van der Waals surface area contributed by atoms with E-state index in [0.717, 1.165) is 12.8 Å². The Morgan fingerprint density at radius 2 is 2.41 bits per heavy atom. The van der Waals surface area contributed by atoms with Crippen molar-refractivity contribution in [3.8, 4) is 0 Å². The number of carboxylic acids is 1. The lowest BCUT2D eigenvalue weighted by atomic mass is 10.1. The highest BCUT2D eigenvalue weighted by molar-refractivity contribution is 7.13. The number of thiazole rings is 1. The van der Waals surface area contributed by atoms with Gasteiger partial charge in [-0.25, -0.2) is 4.98 Å². The molecule has 1 aliphatic heterocycles. The molecule has 1 saturated heterocycles. The molecule has 7 heteroatoms. The second kappa shape index (κ2) is 4.70. The molecule has 0 radical (unpaired) electrons. The number of anilines is 1. The molecule has 0 spiro atoms. The summed E-state index contributed by atoms with van der Waals surface area (Å²) in [5.41, 5.74) is 5.78. The summed E-state index contributed by atoms with van der Waals surface area (Å²) in [5, 5.41) is 10.7. The summed E-state index contributed by atoms with van der Waals surface area (Å²) in [4.78, 5) is 28.3. The average Bonchev–Trinajstić information content (AvgIpc) is 2.85. The number of hydrogen-bond donors (Lipinski definition) is 2. The first-order valence-corrected chi connectivity index (χ1v) is 6.19. The highest BCUT2D eigenvalue weighted by Crippen LogP contribution is 2.23. The standard InChI is InChI=1S/C10H13N3O3S/c11-10-12-7(5-17-10)9(16)13-3-1-2-6(13)4-8(14)15/h5-6H,1-4H2,(H2,11,12)(H,14,15). The van der Waals surface area contributed by atoms with Gasteiger partial charge < -0.3 is 15.7 Å². The van der Waals surface area contributed by atoms with Crippen molar-refractivity contribution >= 4 is 28.3 Å². The van der Waals surface area contributed by atoms with Crippen LogP contribution in [-0.4, -0.2) is 39.5 Å². The number of carbonyl (C=O) groups excluding carboxylic acids is 1. The van der Waals surface area contributed by atoms with Crippen molar-refractivity contribution < 1.29 is 14.7 Å². The van der Waals surface area contributed by atoms with Gasteiger partial charge in [0.05, 0.1) is 6.42 Å². The molecule has 3 N–H and O–H groups in total. The lowest BCUT2D eigenvalue weighted by molar-refractivity contribution is -0.137. The van der Waals surface area contributed by atoms with E-state index in [1.807, 2.05) is 0 Å². The first kappa shape index (κ1) is 11.8. The number of carbonyl (C=O) groups is 2. The Bertz CT molecular complexity index is 446. The minimum absolute atomic E-state index is 0.00857. The van der Waals surface area contributed by atoms with Crippen molar-refractivity contribution in [1.82, 2.24) is 9.88 Å². The molecule has 1 aromatic heterocycles. The van der Waals surface area contributed by atoms with E-state index >= 15 is 0 Å². The van der Waals surface area contributed by atoms with E-state index in [-0.39, 0.29) is 18.4 Å². The Kier molecular flexibility index (Phi) is 3.28. The van der Waals surface area contributed by atoms with Gasteiger partial charge in [0.2, 0.25) is 0 Å². The van der Waals surface area contributed by atoms with Crippen molar-refractivity contribution in [2.75, 3.05) is 12.3 Å². The summed E-state index contributed by atoms with van der Waals surface area (Å²) in [6, 6.07) is -0.220. The minimum Gasteiger partial charge on any atom is -0.481 e. The van der Waals surface area contributed by atoms with Crippen LogP contribution in [0, 0.1) is 0 Å². The summed E-state index contributed by atoms with van der Waals surface area (Å²) < 4.78 is 0. The lowest BCUT2D eigenvalue weighted by Crippen LogP contribution is -2.37. The predicted octanol–water partition coefficient (Wildman–Crippen LogP) is 0.805. The fraction of sp³-hybridized carbons (Fsp3) is 0.500. The Hall–Kier alpha value is -1.63. The second-order valence-corrected chi connectivity index (χ2v) is 4.85. The topological polar surface area (TPSA) is 96.5 Å². The maximum atomic E-state index is 12.1. The third-order valence-corrected chi connectivity index (χ3v) is 3.46. The van der Waals surface area contributed by atoms with Crippen molar-refractivity contribution in [1.29, 1.82) is 0 Å². The van der Waals surface area contributed by atoms with Crippen LogP contribution in [0.1, 0.15) is 29.8 Å². The lowest BCUT2D eigenvalue weighted by Gasteiger charge is -2.22. The van der Waals surface area contributed by atoms with E-state index in [9.17, 15) is 9.59 Å². The van der Waals surface area contributed by atoms with E-state index in [1.165, 1.54) is 11.3 Å². The van der Waals surface area contributed by atoms with Crippen LogP contribution in [0.5, 0.6) is 0 Å². The van der Waals surface area contributed by atoms with Crippen molar-refractivity contribution in [3.05, 3.63) is 11.1 Å². The van der Waals surface area contributed by atoms with E-state index in [0.29, 0.717) is 17.4 Å². The Morgan fingerprint density at radius 3 is 3.00 bits per heavy atom. The van der Waals surface area contributed by atoms with E-state index in [2.05, 4.69) is 4.98 Å². The molecule has 1 amide bonds. The number of carboxylic acid groups (broad SMARTS) is 1. The second-order valence-electron chi connectivity index (χ2n) is 3.96. The van der Waals surface area contributed by atoms with Crippen LogP contribution in [-0.2, 0) is 4.79 Å². The normalized spacial score (nSPS) is 19.5. The molecule has 92 valence electrons. The number of nitrogens with two attached hydrogens (primary N) is 1. The maximum absolute atomic E-state index is 12.1. The number of aromatic nitrogens is 1. The smallest absolute Gasteiger partial charge is 0.305 e. The number of likely N-dealkylation sites (tertiary alicyclic amines) is 1. The zero-order valence-electron chi connectivity index (χ0n) is 9.13. The van der Waals surface area contributed by atoms with Crippen molar-refractivity contribution in [3.63, 3.8) is 0 Å². The number of aliphatic carboxylic acids is 1. The van der Waals surface area contributed by atoms with Gasteiger partial charge in [-0.3, -0.25) is 9.59 Å². The third kappa shape index (κ3) is 2.55. The first-order chi connectivity index (χ1) is 8.08. The van der Waals surface area contributed by atoms with Gasteiger partial charge in [0.25, 0.3) is 5.91 Å². The van der Waals surface area contributed by atoms with Crippen LogP contribution in [0.4, 0.5) is 5.13 Å². The van der Waals surface area contributed by atoms with Crippen molar-refractivity contribution in [2.24, 2.45) is 0 Å². The summed E-state index contributed by atoms with van der Waals surface area (Å²) >= 11 is 1.21. The summed E-state index contributed by atoms with van der Waals surface area (Å²) in [6.45, 7) is 0.591. The Labute approximate surface area is 102 Å². The Balaban J connectivity index is 2.10. The van der Waals surface area contributed by atoms with Crippen LogP contribution in [0.15, 0.2) is 5.38 Å². The van der Waals surface area contributed by atoms with Crippen LogP contribution in [0.25, 0.3) is 0 Å². The van der Waals surface area contributed by atoms with Gasteiger partial charge in [0.15, 0.2) is 5.13 Å². The molecule has 0 saturated carbocycles. The highest BCUT2D eigenvalue weighted by Gasteiger charge is 2.31. The van der Waals surface area contributed by atoms with E-state index in [1.54, 1.807) is 10.3 Å². The van der Waals surface area contributed by atoms with Gasteiger partial charge in [-0.2, -0.15) is 0 Å². The van der Waals surface area contributed by atoms with E-state index in [4.69, 9.17) is 10.8 Å². The maximum Gasteiger partial charge on any atom is 0.305 e. The summed E-state index contributed by atoms with van der Waals surface area (Å²) in [5.74, 6) is -1.10. The van der Waals surface area contributed by atoms with Gasteiger partial charge >= 0.3 is 5.97 Å². The molecule has 6 nitrogen and oxygen atoms in total. The highest BCUT2D eigenvalue weighted by atomic mass is 32.1. The molecule has 2 heterocycles. The zero-order valence-corrected chi connectivity index (χ0v) is 9.94. The molecule has 1 fully saturated rings. The largest absolute Gasteiger partial charge is 0.481 e. The van der Waals surface area contributed by atoms with Crippen LogP contribution >= 0.6 is 11.3 Å². The number of nitrogen functional groups attached to an aromatic ring is 1. The molecule has 0 aliphatic carbocycles. The molecule has 1 aliphatic rings. The summed E-state index contributed by atoms with van der Waals surface area (Å²) in [7, 11) is 0. The SMILES string of the molecule is Nc1nc(C(=O)N2CCCC2CC(=O)O)cs1. The van der Waals surface area contributed by atoms with Gasteiger partial charge in [0.1, 0.15) is 5.69 Å². The van der Waals surface area contributed by atoms with Gasteiger partial charge in [-0.1, -0.05) is 0 Å².